The average molecular weight is 393 g/mol. The van der Waals surface area contributed by atoms with Crippen LogP contribution in [-0.2, 0) is 0 Å². The number of carbonyl (C=O) groups is 1. The van der Waals surface area contributed by atoms with E-state index in [4.69, 9.17) is 0 Å². The molecule has 0 aromatic heterocycles. The van der Waals surface area contributed by atoms with Gasteiger partial charge in [0.05, 0.1) is 0 Å². The maximum absolute atomic E-state index is 14.7. The van der Waals surface area contributed by atoms with Crippen molar-refractivity contribution < 1.29 is 13.6 Å². The lowest BCUT2D eigenvalue weighted by Gasteiger charge is -2.24. The molecule has 2 aromatic carbocycles. The smallest absolute Gasteiger partial charge is 0.254 e. The lowest BCUT2D eigenvalue weighted by Crippen LogP contribution is -2.39. The number of amides is 1. The van der Waals surface area contributed by atoms with Crippen LogP contribution in [0.4, 0.5) is 8.78 Å². The number of hydrogen-bond acceptors (Lipinski definition) is 2. The van der Waals surface area contributed by atoms with Crippen molar-refractivity contribution in [2.24, 2.45) is 0 Å². The zero-order chi connectivity index (χ0) is 18.3. The van der Waals surface area contributed by atoms with Crippen molar-refractivity contribution >= 4 is 18.3 Å². The van der Waals surface area contributed by atoms with Crippen LogP contribution >= 0.6 is 12.4 Å². The Labute approximate surface area is 164 Å². The average Bonchev–Trinajstić information content (AvgIpc) is 2.94. The van der Waals surface area contributed by atoms with E-state index in [0.717, 1.165) is 12.8 Å². The van der Waals surface area contributed by atoms with Crippen molar-refractivity contribution in [3.05, 3.63) is 59.2 Å². The fraction of sp³-hybridized carbons (Fsp3) is 0.381. The molecule has 0 saturated carbocycles. The van der Waals surface area contributed by atoms with Crippen molar-refractivity contribution in [3.63, 3.8) is 0 Å². The van der Waals surface area contributed by atoms with Gasteiger partial charge in [0.15, 0.2) is 0 Å². The summed E-state index contributed by atoms with van der Waals surface area (Å²) in [6, 6.07) is 9.70. The number of aryl methyl sites for hydroxylation is 1. The third kappa shape index (κ3) is 3.99. The molecule has 2 unspecified atom stereocenters. The Hall–Kier alpha value is -1.98. The van der Waals surface area contributed by atoms with Gasteiger partial charge in [0, 0.05) is 36.3 Å². The molecule has 2 saturated heterocycles. The van der Waals surface area contributed by atoms with E-state index in [2.05, 4.69) is 5.32 Å². The Morgan fingerprint density at radius 2 is 1.78 bits per heavy atom. The number of likely N-dealkylation sites (tertiary alicyclic amines) is 1. The first-order chi connectivity index (χ1) is 12.5. The highest BCUT2D eigenvalue weighted by Gasteiger charge is 2.31. The van der Waals surface area contributed by atoms with Gasteiger partial charge in [-0.05, 0) is 61.6 Å². The molecule has 3 nitrogen and oxygen atoms in total. The number of halogens is 3. The molecule has 2 fully saturated rings. The van der Waals surface area contributed by atoms with Crippen LogP contribution < -0.4 is 5.32 Å². The zero-order valence-electron chi connectivity index (χ0n) is 15.2. The molecular formula is C21H23ClF2N2O. The summed E-state index contributed by atoms with van der Waals surface area (Å²) in [5.74, 6) is -0.928. The van der Waals surface area contributed by atoms with E-state index in [0.29, 0.717) is 47.4 Å². The second-order valence-electron chi connectivity index (χ2n) is 7.33. The second-order valence-corrected chi connectivity index (χ2v) is 7.33. The molecule has 0 spiro atoms. The number of carbonyl (C=O) groups excluding carboxylic acids is 1. The van der Waals surface area contributed by atoms with E-state index in [1.54, 1.807) is 25.1 Å². The fourth-order valence-corrected chi connectivity index (χ4v) is 4.11. The molecule has 2 aromatic rings. The van der Waals surface area contributed by atoms with E-state index in [1.165, 1.54) is 24.6 Å². The number of nitrogens with one attached hydrogen (secondary N) is 1. The molecule has 2 heterocycles. The molecule has 0 radical (unpaired) electrons. The lowest BCUT2D eigenvalue weighted by molar-refractivity contribution is 0.0747. The summed E-state index contributed by atoms with van der Waals surface area (Å²) in [5.41, 5.74) is 2.05. The third-order valence-electron chi connectivity index (χ3n) is 5.51. The largest absolute Gasteiger partial charge is 0.337 e. The van der Waals surface area contributed by atoms with Crippen molar-refractivity contribution in [2.45, 2.75) is 38.3 Å². The SMILES string of the molecule is Cc1cc(F)ccc1-c1ccc(C(=O)N2CCC3CCC(C2)N3)cc1F.Cl. The van der Waals surface area contributed by atoms with E-state index < -0.39 is 5.82 Å². The predicted octanol–water partition coefficient (Wildman–Crippen LogP) is 4.33. The zero-order valence-corrected chi connectivity index (χ0v) is 16.0. The van der Waals surface area contributed by atoms with Crippen LogP contribution in [0.25, 0.3) is 11.1 Å². The molecule has 1 N–H and O–H groups in total. The second kappa shape index (κ2) is 7.95. The normalized spacial score (nSPS) is 21.5. The highest BCUT2D eigenvalue weighted by atomic mass is 35.5. The Bertz CT molecular complexity index is 858. The van der Waals surface area contributed by atoms with Gasteiger partial charge in [-0.1, -0.05) is 12.1 Å². The molecule has 6 heteroatoms. The molecule has 2 atom stereocenters. The summed E-state index contributed by atoms with van der Waals surface area (Å²) in [5, 5.41) is 3.54. The maximum Gasteiger partial charge on any atom is 0.254 e. The van der Waals surface area contributed by atoms with Gasteiger partial charge in [0.2, 0.25) is 0 Å². The summed E-state index contributed by atoms with van der Waals surface area (Å²) in [7, 11) is 0. The molecule has 2 aliphatic heterocycles. The third-order valence-corrected chi connectivity index (χ3v) is 5.51. The number of rotatable bonds is 2. The van der Waals surface area contributed by atoms with Crippen LogP contribution in [0.2, 0.25) is 0 Å². The monoisotopic (exact) mass is 392 g/mol. The van der Waals surface area contributed by atoms with Crippen LogP contribution in [0.1, 0.15) is 35.2 Å². The van der Waals surface area contributed by atoms with Crippen LogP contribution in [-0.4, -0.2) is 36.0 Å². The summed E-state index contributed by atoms with van der Waals surface area (Å²) < 4.78 is 28.0. The molecule has 144 valence electrons. The van der Waals surface area contributed by atoms with Gasteiger partial charge in [-0.25, -0.2) is 8.78 Å². The van der Waals surface area contributed by atoms with E-state index in [1.807, 2.05) is 4.90 Å². The summed E-state index contributed by atoms with van der Waals surface area (Å²) >= 11 is 0. The van der Waals surface area contributed by atoms with E-state index in [9.17, 15) is 13.6 Å². The van der Waals surface area contributed by atoms with Gasteiger partial charge in [-0.3, -0.25) is 4.79 Å². The topological polar surface area (TPSA) is 32.3 Å². The summed E-state index contributed by atoms with van der Waals surface area (Å²) in [6.45, 7) is 3.12. The maximum atomic E-state index is 14.7. The standard InChI is InChI=1S/C21H22F2N2O.ClH/c1-13-10-15(22)3-7-18(13)19-6-2-14(11-20(19)23)21(26)25-9-8-16-4-5-17(12-25)24-16;/h2-3,6-7,10-11,16-17,24H,4-5,8-9,12H2,1H3;1H. The highest BCUT2D eigenvalue weighted by Crippen LogP contribution is 2.28. The van der Waals surface area contributed by atoms with Gasteiger partial charge in [-0.2, -0.15) is 0 Å². The minimum atomic E-state index is -0.458. The van der Waals surface area contributed by atoms with E-state index in [-0.39, 0.29) is 24.1 Å². The van der Waals surface area contributed by atoms with Gasteiger partial charge in [0.1, 0.15) is 11.6 Å². The molecule has 1 amide bonds. The Balaban J connectivity index is 0.00000210. The van der Waals surface area contributed by atoms with Gasteiger partial charge < -0.3 is 10.2 Å². The first kappa shape index (κ1) is 19.8. The first-order valence-corrected chi connectivity index (χ1v) is 9.12. The molecule has 27 heavy (non-hydrogen) atoms. The van der Waals surface area contributed by atoms with Gasteiger partial charge >= 0.3 is 0 Å². The Morgan fingerprint density at radius 1 is 1.04 bits per heavy atom. The molecule has 2 aliphatic rings. The van der Waals surface area contributed by atoms with Crippen LogP contribution in [0, 0.1) is 18.6 Å². The van der Waals surface area contributed by atoms with Crippen molar-refractivity contribution in [2.75, 3.05) is 13.1 Å². The van der Waals surface area contributed by atoms with E-state index >= 15 is 0 Å². The quantitative estimate of drug-likeness (QED) is 0.825. The van der Waals surface area contributed by atoms with Crippen molar-refractivity contribution in [1.82, 2.24) is 10.2 Å². The van der Waals surface area contributed by atoms with Crippen LogP contribution in [0.3, 0.4) is 0 Å². The number of benzene rings is 2. The number of hydrogen-bond donors (Lipinski definition) is 1. The molecule has 2 bridgehead atoms. The van der Waals surface area contributed by atoms with Crippen LogP contribution in [0.5, 0.6) is 0 Å². The van der Waals surface area contributed by atoms with Crippen molar-refractivity contribution in [1.29, 1.82) is 0 Å². The predicted molar refractivity (Wildman–Crippen MR) is 104 cm³/mol. The minimum absolute atomic E-state index is 0. The lowest BCUT2D eigenvalue weighted by atomic mass is 9.98. The number of fused-ring (bicyclic) bond motifs is 2. The van der Waals surface area contributed by atoms with Crippen molar-refractivity contribution in [3.8, 4) is 11.1 Å². The van der Waals surface area contributed by atoms with Crippen LogP contribution in [0.15, 0.2) is 36.4 Å². The molecule has 4 rings (SSSR count). The first-order valence-electron chi connectivity index (χ1n) is 9.12. The minimum Gasteiger partial charge on any atom is -0.337 e. The molecular weight excluding hydrogens is 370 g/mol. The molecule has 0 aliphatic carbocycles. The van der Waals surface area contributed by atoms with Gasteiger partial charge in [0.25, 0.3) is 5.91 Å². The Kier molecular flexibility index (Phi) is 5.82. The van der Waals surface area contributed by atoms with Gasteiger partial charge in [-0.15, -0.1) is 12.4 Å². The summed E-state index contributed by atoms with van der Waals surface area (Å²) in [6.07, 6.45) is 3.20. The number of nitrogens with zero attached hydrogens (tertiary/aromatic N) is 1. The highest BCUT2D eigenvalue weighted by molar-refractivity contribution is 5.95. The fourth-order valence-electron chi connectivity index (χ4n) is 4.11. The Morgan fingerprint density at radius 3 is 2.52 bits per heavy atom. The summed E-state index contributed by atoms with van der Waals surface area (Å²) in [4.78, 5) is 14.7.